The molecule has 6 atom stereocenters. The summed E-state index contributed by atoms with van der Waals surface area (Å²) in [6.45, 7) is 10.5. The van der Waals surface area contributed by atoms with E-state index in [0.29, 0.717) is 139 Å². The van der Waals surface area contributed by atoms with Crippen LogP contribution in [0.5, 0.6) is 0 Å². The second kappa shape index (κ2) is 52.1. The second-order valence-corrected chi connectivity index (χ2v) is 13.5. The van der Waals surface area contributed by atoms with E-state index in [4.69, 9.17) is 72.2 Å². The van der Waals surface area contributed by atoms with Gasteiger partial charge in [-0.05, 0) is 19.9 Å². The third-order valence-electron chi connectivity index (χ3n) is 8.46. The van der Waals surface area contributed by atoms with E-state index in [9.17, 15) is 30.6 Å². The Balaban J connectivity index is 0. The number of likely N-dealkylation sites (N-methyl/N-ethyl adjacent to an activating group) is 1. The summed E-state index contributed by atoms with van der Waals surface area (Å²) in [5, 5.41) is 89.0. The molecular formula is C40H86N2O21. The van der Waals surface area contributed by atoms with Gasteiger partial charge in [-0.3, -0.25) is 4.90 Å². The molecule has 23 heteroatoms. The number of nitrogens with one attached hydrogen (secondary N) is 1. The lowest BCUT2D eigenvalue weighted by atomic mass is 10.0. The Morgan fingerprint density at radius 2 is 0.571 bits per heavy atom. The van der Waals surface area contributed by atoms with Crippen molar-refractivity contribution in [3.63, 3.8) is 0 Å². The van der Waals surface area contributed by atoms with Crippen LogP contribution in [-0.4, -0.2) is 300 Å². The predicted octanol–water partition coefficient (Wildman–Crippen LogP) is -4.75. The van der Waals surface area contributed by atoms with Crippen LogP contribution < -0.4 is 5.32 Å². The highest BCUT2D eigenvalue weighted by Crippen LogP contribution is 2.10. The monoisotopic (exact) mass is 931 g/mol. The first-order chi connectivity index (χ1) is 30.8. The zero-order valence-electron chi connectivity index (χ0n) is 38.0. The molecule has 0 saturated carbocycles. The normalized spacial score (nSPS) is 14.7. The van der Waals surface area contributed by atoms with Crippen LogP contribution in [0, 0.1) is 0 Å². The van der Waals surface area contributed by atoms with E-state index in [-0.39, 0.29) is 65.5 Å². The van der Waals surface area contributed by atoms with Crippen molar-refractivity contribution in [2.45, 2.75) is 49.5 Å². The molecule has 23 nitrogen and oxygen atoms in total. The smallest absolute Gasteiger partial charge is 0.107 e. The highest BCUT2D eigenvalue weighted by atomic mass is 16.6. The largest absolute Gasteiger partial charge is 0.400 e. The third kappa shape index (κ3) is 44.7. The molecule has 10 N–H and O–H groups in total. The van der Waals surface area contributed by atoms with Crippen LogP contribution in [0.2, 0.25) is 0 Å². The number of aliphatic hydroxyl groups excluding tert-OH is 9. The summed E-state index contributed by atoms with van der Waals surface area (Å²) in [5.74, 6) is 0. The lowest BCUT2D eigenvalue weighted by Crippen LogP contribution is -2.50. The second-order valence-electron chi connectivity index (χ2n) is 13.5. The van der Waals surface area contributed by atoms with E-state index in [1.54, 1.807) is 0 Å². The predicted molar refractivity (Wildman–Crippen MR) is 228 cm³/mol. The molecular weight excluding hydrogens is 844 g/mol. The molecule has 0 rings (SSSR count). The van der Waals surface area contributed by atoms with Gasteiger partial charge in [-0.1, -0.05) is 0 Å². The van der Waals surface area contributed by atoms with E-state index in [0.717, 1.165) is 13.7 Å². The Bertz CT molecular complexity index is 841. The molecule has 0 radical (unpaired) electrons. The maximum absolute atomic E-state index is 10.4. The van der Waals surface area contributed by atoms with Crippen molar-refractivity contribution in [1.82, 2.24) is 10.2 Å². The Morgan fingerprint density at radius 3 is 0.794 bits per heavy atom. The average Bonchev–Trinajstić information content (AvgIpc) is 3.28. The summed E-state index contributed by atoms with van der Waals surface area (Å²) >= 11 is 0. The first kappa shape index (κ1) is 64.2. The van der Waals surface area contributed by atoms with Gasteiger partial charge in [-0.15, -0.1) is 0 Å². The Hall–Kier alpha value is -0.920. The van der Waals surface area contributed by atoms with Crippen LogP contribution in [0.4, 0.5) is 0 Å². The van der Waals surface area contributed by atoms with Crippen molar-refractivity contribution in [1.29, 1.82) is 0 Å². The molecule has 0 aliphatic heterocycles. The fraction of sp³-hybridized carbons (Fsp3) is 1.00. The number of rotatable bonds is 51. The van der Waals surface area contributed by atoms with Gasteiger partial charge in [0, 0.05) is 46.5 Å². The SMILES string of the molecule is CNCCOCCOCCOCCOCCOCCOCCOCCOCCOCCOCCOCCOCCN(CC(O)C(O)C(O)CCO)CC(O)C(O)C(O)CCO.CO. The average molecular weight is 931 g/mol. The number of hydrogen-bond donors (Lipinski definition) is 10. The molecule has 63 heavy (non-hydrogen) atoms. The van der Waals surface area contributed by atoms with E-state index < -0.39 is 36.6 Å². The van der Waals surface area contributed by atoms with Gasteiger partial charge in [0.2, 0.25) is 0 Å². The molecule has 0 aromatic carbocycles. The molecule has 0 aliphatic carbocycles. The first-order valence-electron chi connectivity index (χ1n) is 21.8. The van der Waals surface area contributed by atoms with Crippen LogP contribution in [0.25, 0.3) is 0 Å². The van der Waals surface area contributed by atoms with Crippen LogP contribution in [0.15, 0.2) is 0 Å². The maximum atomic E-state index is 10.4. The van der Waals surface area contributed by atoms with Crippen LogP contribution in [-0.2, 0) is 56.8 Å². The quantitative estimate of drug-likeness (QED) is 0.0256. The van der Waals surface area contributed by atoms with Crippen LogP contribution in [0.3, 0.4) is 0 Å². The van der Waals surface area contributed by atoms with Crippen molar-refractivity contribution >= 4 is 0 Å². The van der Waals surface area contributed by atoms with Gasteiger partial charge in [-0.2, -0.15) is 0 Å². The number of nitrogens with zero attached hydrogens (tertiary/aromatic N) is 1. The van der Waals surface area contributed by atoms with E-state index in [1.165, 1.54) is 4.90 Å². The van der Waals surface area contributed by atoms with Gasteiger partial charge in [0.25, 0.3) is 0 Å². The Morgan fingerprint density at radius 1 is 0.349 bits per heavy atom. The lowest BCUT2D eigenvalue weighted by molar-refractivity contribution is -0.0945. The van der Waals surface area contributed by atoms with Crippen LogP contribution in [0.1, 0.15) is 12.8 Å². The number of hydrogen-bond acceptors (Lipinski definition) is 23. The fourth-order valence-corrected chi connectivity index (χ4v) is 5.01. The van der Waals surface area contributed by atoms with Gasteiger partial charge in [0.15, 0.2) is 0 Å². The minimum absolute atomic E-state index is 0.136. The summed E-state index contributed by atoms with van der Waals surface area (Å²) in [4.78, 5) is 1.50. The molecule has 0 aromatic heterocycles. The summed E-state index contributed by atoms with van der Waals surface area (Å²) in [6, 6.07) is 0. The molecule has 0 saturated heterocycles. The van der Waals surface area contributed by atoms with Crippen molar-refractivity contribution < 1.29 is 103 Å². The van der Waals surface area contributed by atoms with E-state index in [1.807, 2.05) is 7.05 Å². The van der Waals surface area contributed by atoms with Crippen molar-refractivity contribution in [3.05, 3.63) is 0 Å². The molecule has 0 amide bonds. The van der Waals surface area contributed by atoms with Crippen LogP contribution >= 0.6 is 0 Å². The fourth-order valence-electron chi connectivity index (χ4n) is 5.01. The zero-order valence-corrected chi connectivity index (χ0v) is 38.0. The minimum Gasteiger partial charge on any atom is -0.400 e. The molecule has 0 spiro atoms. The summed E-state index contributed by atoms with van der Waals surface area (Å²) in [5.41, 5.74) is 0. The Labute approximate surface area is 374 Å². The van der Waals surface area contributed by atoms with Gasteiger partial charge in [0.05, 0.1) is 183 Å². The van der Waals surface area contributed by atoms with Gasteiger partial charge < -0.3 is 108 Å². The molecule has 0 aliphatic rings. The maximum Gasteiger partial charge on any atom is 0.107 e. The minimum atomic E-state index is -1.56. The summed E-state index contributed by atoms with van der Waals surface area (Å²) in [6.07, 6.45) is -8.98. The molecule has 0 bridgehead atoms. The lowest BCUT2D eigenvalue weighted by Gasteiger charge is -2.32. The Kier molecular flexibility index (Phi) is 53.0. The van der Waals surface area contributed by atoms with Gasteiger partial charge in [0.1, 0.15) is 12.2 Å². The van der Waals surface area contributed by atoms with E-state index >= 15 is 0 Å². The molecule has 0 fully saturated rings. The van der Waals surface area contributed by atoms with Gasteiger partial charge in [-0.25, -0.2) is 0 Å². The zero-order chi connectivity index (χ0) is 46.9. The van der Waals surface area contributed by atoms with E-state index in [2.05, 4.69) is 5.32 Å². The third-order valence-corrected chi connectivity index (χ3v) is 8.46. The molecule has 0 heterocycles. The molecule has 382 valence electrons. The highest BCUT2D eigenvalue weighted by molar-refractivity contribution is 4.82. The topological polar surface area (TPSA) is 308 Å². The first-order valence-corrected chi connectivity index (χ1v) is 21.8. The molecule has 0 aromatic rings. The summed E-state index contributed by atoms with van der Waals surface area (Å²) in [7, 11) is 2.88. The summed E-state index contributed by atoms with van der Waals surface area (Å²) < 4.78 is 65.7. The van der Waals surface area contributed by atoms with Crippen molar-refractivity contribution in [2.24, 2.45) is 0 Å². The van der Waals surface area contributed by atoms with Crippen molar-refractivity contribution in [3.8, 4) is 0 Å². The standard InChI is InChI=1S/C39H82N2O20.CH4O/c1-40-4-8-50-10-12-52-14-16-54-18-20-56-22-24-58-26-28-60-30-31-61-29-27-59-25-23-57-21-19-55-17-15-53-13-11-51-9-5-41(32-36(46)38(48)34(44)2-6-42)33-37(47)39(49)35(45)3-7-43;1-2/h34-40,42-49H,2-33H2,1H3;2H,1H3. The van der Waals surface area contributed by atoms with Gasteiger partial charge >= 0.3 is 0 Å². The number of ether oxygens (including phenoxy) is 12. The molecule has 6 unspecified atom stereocenters. The number of aliphatic hydroxyl groups is 9. The highest BCUT2D eigenvalue weighted by Gasteiger charge is 2.30. The van der Waals surface area contributed by atoms with Crippen molar-refractivity contribution in [2.75, 3.05) is 212 Å².